The molecule has 0 aliphatic heterocycles. The minimum absolute atomic E-state index is 0.0156. The number of benzene rings is 1. The van der Waals surface area contributed by atoms with Gasteiger partial charge in [-0.3, -0.25) is 0 Å². The number of aromatic carboxylic acids is 1. The first kappa shape index (κ1) is 11.7. The van der Waals surface area contributed by atoms with Gasteiger partial charge in [-0.05, 0) is 28.6 Å². The maximum atomic E-state index is 11.2. The summed E-state index contributed by atoms with van der Waals surface area (Å²) in [4.78, 5) is 11.2. The predicted octanol–water partition coefficient (Wildman–Crippen LogP) is 1.64. The zero-order valence-corrected chi connectivity index (χ0v) is 10.4. The number of tetrazole rings is 1. The van der Waals surface area contributed by atoms with Crippen molar-refractivity contribution in [2.45, 2.75) is 0 Å². The number of carbonyl (C=O) groups is 1. The largest absolute Gasteiger partial charge is 0.495 e. The molecule has 1 aromatic carbocycles. The van der Waals surface area contributed by atoms with Crippen LogP contribution in [0.4, 0.5) is 0 Å². The summed E-state index contributed by atoms with van der Waals surface area (Å²) >= 11 is 6.05. The van der Waals surface area contributed by atoms with Gasteiger partial charge >= 0.3 is 5.97 Å². The molecule has 0 aliphatic carbocycles. The molecular formula is C11H7ClN4O3. The number of pyridine rings is 1. The van der Waals surface area contributed by atoms with Crippen molar-refractivity contribution in [3.05, 3.63) is 28.8 Å². The summed E-state index contributed by atoms with van der Waals surface area (Å²) in [5.74, 6) is -0.645. The molecule has 0 unspecified atom stereocenters. The van der Waals surface area contributed by atoms with E-state index in [4.69, 9.17) is 16.3 Å². The van der Waals surface area contributed by atoms with E-state index in [9.17, 15) is 9.90 Å². The van der Waals surface area contributed by atoms with Crippen LogP contribution in [-0.4, -0.2) is 38.2 Å². The van der Waals surface area contributed by atoms with Crippen LogP contribution < -0.4 is 4.74 Å². The molecule has 0 radical (unpaired) electrons. The second kappa shape index (κ2) is 4.06. The van der Waals surface area contributed by atoms with Gasteiger partial charge in [0.15, 0.2) is 5.65 Å². The number of methoxy groups -OCH3 is 1. The normalized spacial score (nSPS) is 11.1. The Morgan fingerprint density at radius 3 is 2.89 bits per heavy atom. The Hall–Kier alpha value is -2.41. The van der Waals surface area contributed by atoms with Crippen LogP contribution in [0.5, 0.6) is 5.75 Å². The van der Waals surface area contributed by atoms with Crippen molar-refractivity contribution in [2.75, 3.05) is 7.11 Å². The van der Waals surface area contributed by atoms with Crippen molar-refractivity contribution in [1.82, 2.24) is 20.0 Å². The van der Waals surface area contributed by atoms with Crippen LogP contribution in [0.25, 0.3) is 16.6 Å². The molecule has 0 saturated heterocycles. The Morgan fingerprint density at radius 2 is 2.21 bits per heavy atom. The molecule has 0 fully saturated rings. The molecule has 8 heteroatoms. The first-order valence-corrected chi connectivity index (χ1v) is 5.61. The van der Waals surface area contributed by atoms with E-state index in [1.165, 1.54) is 17.7 Å². The third-order valence-corrected chi connectivity index (χ3v) is 3.07. The number of nitrogens with zero attached hydrogens (tertiary/aromatic N) is 4. The first-order chi connectivity index (χ1) is 9.11. The Morgan fingerprint density at radius 1 is 1.42 bits per heavy atom. The van der Waals surface area contributed by atoms with Crippen molar-refractivity contribution >= 4 is 34.1 Å². The van der Waals surface area contributed by atoms with Gasteiger partial charge in [0.1, 0.15) is 11.3 Å². The number of carboxylic acids is 1. The van der Waals surface area contributed by atoms with E-state index in [2.05, 4.69) is 15.5 Å². The van der Waals surface area contributed by atoms with Crippen molar-refractivity contribution < 1.29 is 14.6 Å². The van der Waals surface area contributed by atoms with E-state index in [0.717, 1.165) is 0 Å². The first-order valence-electron chi connectivity index (χ1n) is 5.23. The number of rotatable bonds is 2. The Bertz CT molecular complexity index is 814. The van der Waals surface area contributed by atoms with Crippen molar-refractivity contribution in [3.8, 4) is 5.75 Å². The molecule has 0 saturated carbocycles. The van der Waals surface area contributed by atoms with Gasteiger partial charge in [-0.25, -0.2) is 4.79 Å². The van der Waals surface area contributed by atoms with Crippen LogP contribution in [0.15, 0.2) is 18.2 Å². The monoisotopic (exact) mass is 278 g/mol. The van der Waals surface area contributed by atoms with Gasteiger partial charge in [0.05, 0.1) is 17.6 Å². The Kier molecular flexibility index (Phi) is 2.49. The van der Waals surface area contributed by atoms with Gasteiger partial charge in [-0.1, -0.05) is 11.6 Å². The molecule has 0 aliphatic rings. The van der Waals surface area contributed by atoms with Crippen molar-refractivity contribution in [2.24, 2.45) is 0 Å². The molecule has 96 valence electrons. The highest BCUT2D eigenvalue weighted by molar-refractivity contribution is 6.32. The molecular weight excluding hydrogens is 272 g/mol. The summed E-state index contributed by atoms with van der Waals surface area (Å²) in [5, 5.41) is 21.2. The molecule has 0 amide bonds. The van der Waals surface area contributed by atoms with Crippen molar-refractivity contribution in [1.29, 1.82) is 0 Å². The second-order valence-electron chi connectivity index (χ2n) is 3.82. The summed E-state index contributed by atoms with van der Waals surface area (Å²) in [6, 6.07) is 4.76. The SMILES string of the molecule is COc1cc2cc(C(=O)O)c3nnnn3c2cc1Cl. The van der Waals surface area contributed by atoms with Gasteiger partial charge < -0.3 is 9.84 Å². The number of hydrogen-bond acceptors (Lipinski definition) is 5. The lowest BCUT2D eigenvalue weighted by molar-refractivity contribution is 0.0698. The Labute approximate surface area is 111 Å². The Balaban J connectivity index is 2.49. The van der Waals surface area contributed by atoms with E-state index in [0.29, 0.717) is 21.7 Å². The zero-order valence-electron chi connectivity index (χ0n) is 9.66. The maximum Gasteiger partial charge on any atom is 0.339 e. The van der Waals surface area contributed by atoms with Gasteiger partial charge in [0.2, 0.25) is 0 Å². The summed E-state index contributed by atoms with van der Waals surface area (Å²) < 4.78 is 6.44. The average Bonchev–Trinajstić information content (AvgIpc) is 2.86. The fourth-order valence-electron chi connectivity index (χ4n) is 1.91. The molecule has 19 heavy (non-hydrogen) atoms. The molecule has 0 spiro atoms. The maximum absolute atomic E-state index is 11.2. The molecule has 0 atom stereocenters. The lowest BCUT2D eigenvalue weighted by Crippen LogP contribution is -2.03. The lowest BCUT2D eigenvalue weighted by atomic mass is 10.1. The summed E-state index contributed by atoms with van der Waals surface area (Å²) in [6.45, 7) is 0. The van der Waals surface area contributed by atoms with Gasteiger partial charge in [-0.2, -0.15) is 4.52 Å². The summed E-state index contributed by atoms with van der Waals surface area (Å²) in [7, 11) is 1.49. The molecule has 1 N–H and O–H groups in total. The molecule has 3 aromatic rings. The fourth-order valence-corrected chi connectivity index (χ4v) is 2.14. The number of aromatic nitrogens is 4. The highest BCUT2D eigenvalue weighted by Crippen LogP contribution is 2.30. The minimum atomic E-state index is -1.10. The zero-order chi connectivity index (χ0) is 13.6. The lowest BCUT2D eigenvalue weighted by Gasteiger charge is -2.07. The standard InChI is InChI=1S/C11H7ClN4O3/c1-19-9-3-5-2-6(11(17)18)10-13-14-15-16(10)8(5)4-7(9)12/h2-4H,1H3,(H,17,18). The third kappa shape index (κ3) is 1.66. The fraction of sp³-hybridized carbons (Fsp3) is 0.0909. The molecule has 7 nitrogen and oxygen atoms in total. The molecule has 0 bridgehead atoms. The van der Waals surface area contributed by atoms with E-state index in [1.54, 1.807) is 12.1 Å². The van der Waals surface area contributed by atoms with Crippen LogP contribution in [0.1, 0.15) is 10.4 Å². The van der Waals surface area contributed by atoms with Crippen LogP contribution in [0.2, 0.25) is 5.02 Å². The highest BCUT2D eigenvalue weighted by Gasteiger charge is 2.16. The highest BCUT2D eigenvalue weighted by atomic mass is 35.5. The van der Waals surface area contributed by atoms with E-state index >= 15 is 0 Å². The van der Waals surface area contributed by atoms with Crippen molar-refractivity contribution in [3.63, 3.8) is 0 Å². The minimum Gasteiger partial charge on any atom is -0.495 e. The quantitative estimate of drug-likeness (QED) is 0.766. The number of carboxylic acid groups (broad SMARTS) is 1. The molecule has 2 aromatic heterocycles. The van der Waals surface area contributed by atoms with Crippen LogP contribution >= 0.6 is 11.6 Å². The summed E-state index contributed by atoms with van der Waals surface area (Å²) in [6.07, 6.45) is 0. The number of halogens is 1. The topological polar surface area (TPSA) is 89.6 Å². The molecule has 2 heterocycles. The van der Waals surface area contributed by atoms with E-state index < -0.39 is 5.97 Å². The number of fused-ring (bicyclic) bond motifs is 3. The van der Waals surface area contributed by atoms with Crippen LogP contribution in [-0.2, 0) is 0 Å². The van der Waals surface area contributed by atoms with E-state index in [-0.39, 0.29) is 11.2 Å². The predicted molar refractivity (Wildman–Crippen MR) is 66.8 cm³/mol. The second-order valence-corrected chi connectivity index (χ2v) is 4.23. The van der Waals surface area contributed by atoms with Gasteiger partial charge in [-0.15, -0.1) is 5.10 Å². The summed E-state index contributed by atoms with van der Waals surface area (Å²) in [5.41, 5.74) is 0.791. The van der Waals surface area contributed by atoms with E-state index in [1.807, 2.05) is 0 Å². The number of hydrogen-bond donors (Lipinski definition) is 1. The third-order valence-electron chi connectivity index (χ3n) is 2.77. The van der Waals surface area contributed by atoms with Crippen LogP contribution in [0.3, 0.4) is 0 Å². The number of ether oxygens (including phenoxy) is 1. The average molecular weight is 279 g/mol. The van der Waals surface area contributed by atoms with Crippen LogP contribution in [0, 0.1) is 0 Å². The molecule has 3 rings (SSSR count). The van der Waals surface area contributed by atoms with Gasteiger partial charge in [0, 0.05) is 5.39 Å². The van der Waals surface area contributed by atoms with Gasteiger partial charge in [0.25, 0.3) is 0 Å². The smallest absolute Gasteiger partial charge is 0.339 e.